The van der Waals surface area contributed by atoms with Crippen molar-refractivity contribution in [1.82, 2.24) is 30.0 Å². The minimum Gasteiger partial charge on any atom is -0.475 e. The summed E-state index contributed by atoms with van der Waals surface area (Å²) in [5, 5.41) is 24.4. The summed E-state index contributed by atoms with van der Waals surface area (Å²) in [6.07, 6.45) is 6.25. The Morgan fingerprint density at radius 1 is 1.10 bits per heavy atom. The number of hydrogen-bond acceptors (Lipinski definition) is 8. The van der Waals surface area contributed by atoms with Gasteiger partial charge in [-0.3, -0.25) is 14.5 Å². The zero-order valence-corrected chi connectivity index (χ0v) is 21.9. The molecule has 12 nitrogen and oxygen atoms in total. The number of likely N-dealkylation sites (tertiary alicyclic amines) is 2. The van der Waals surface area contributed by atoms with Gasteiger partial charge in [0.15, 0.2) is 0 Å². The number of carbonyl (C=O) groups is 3. The van der Waals surface area contributed by atoms with Crippen molar-refractivity contribution in [2.75, 3.05) is 25.0 Å². The lowest BCUT2D eigenvalue weighted by Gasteiger charge is -2.39. The highest BCUT2D eigenvalue weighted by Crippen LogP contribution is 2.30. The van der Waals surface area contributed by atoms with E-state index in [0.717, 1.165) is 19.5 Å². The first-order valence-corrected chi connectivity index (χ1v) is 13.1. The number of tetrazole rings is 1. The van der Waals surface area contributed by atoms with Crippen molar-refractivity contribution in [2.45, 2.75) is 24.9 Å². The van der Waals surface area contributed by atoms with Gasteiger partial charge in [0.25, 0.3) is 0 Å². The van der Waals surface area contributed by atoms with Crippen LogP contribution in [-0.2, 0) is 9.59 Å². The van der Waals surface area contributed by atoms with Crippen LogP contribution in [0.2, 0.25) is 5.02 Å². The third-order valence-corrected chi connectivity index (χ3v) is 7.50. The molecule has 2 amide bonds. The molecule has 0 bridgehead atoms. The van der Waals surface area contributed by atoms with E-state index >= 15 is 0 Å². The molecule has 2 fully saturated rings. The molecular weight excluding hydrogens is 538 g/mol. The maximum absolute atomic E-state index is 13.6. The molecule has 0 unspecified atom stereocenters. The van der Waals surface area contributed by atoms with Gasteiger partial charge in [-0.1, -0.05) is 11.6 Å². The van der Waals surface area contributed by atoms with E-state index in [1.165, 1.54) is 23.2 Å². The summed E-state index contributed by atoms with van der Waals surface area (Å²) in [5.41, 5.74) is 2.17. The maximum atomic E-state index is 13.6. The van der Waals surface area contributed by atoms with E-state index in [1.54, 1.807) is 47.4 Å². The Morgan fingerprint density at radius 2 is 1.95 bits per heavy atom. The number of carboxylic acids is 1. The molecule has 2 aromatic carbocycles. The minimum absolute atomic E-state index is 0.106. The number of benzene rings is 2. The summed E-state index contributed by atoms with van der Waals surface area (Å²) in [4.78, 5) is 42.2. The van der Waals surface area contributed by atoms with Crippen LogP contribution in [0.1, 0.15) is 29.0 Å². The van der Waals surface area contributed by atoms with Gasteiger partial charge in [0, 0.05) is 40.3 Å². The van der Waals surface area contributed by atoms with Gasteiger partial charge in [-0.25, -0.2) is 4.79 Å². The lowest BCUT2D eigenvalue weighted by molar-refractivity contribution is -0.134. The van der Waals surface area contributed by atoms with Crippen molar-refractivity contribution in [1.29, 1.82) is 0 Å². The van der Waals surface area contributed by atoms with E-state index in [0.29, 0.717) is 45.9 Å². The molecule has 204 valence electrons. The Kier molecular flexibility index (Phi) is 6.78. The molecule has 13 heteroatoms. The number of aromatic nitrogens is 4. The topological polar surface area (TPSA) is 147 Å². The molecule has 2 aliphatic rings. The minimum atomic E-state index is -1.17. The number of hydrogen-bond donors (Lipinski definition) is 2. The largest absolute Gasteiger partial charge is 0.475 e. The van der Waals surface area contributed by atoms with Crippen molar-refractivity contribution in [3.63, 3.8) is 0 Å². The first-order valence-electron chi connectivity index (χ1n) is 12.7. The van der Waals surface area contributed by atoms with Crippen LogP contribution in [0, 0.1) is 0 Å². The second kappa shape index (κ2) is 10.5. The number of furan rings is 1. The van der Waals surface area contributed by atoms with E-state index < -0.39 is 12.0 Å². The number of halogens is 1. The molecule has 4 aromatic rings. The lowest BCUT2D eigenvalue weighted by Crippen LogP contribution is -2.56. The first kappa shape index (κ1) is 25.7. The summed E-state index contributed by atoms with van der Waals surface area (Å²) in [6, 6.07) is 10.7. The number of carbonyl (C=O) groups excluding carboxylic acids is 2. The highest BCUT2D eigenvalue weighted by atomic mass is 35.5. The SMILES string of the molecule is O=C(O)c1cc2cc(NC(=O)[C@@H]3[C@H](N4CCC4)CCN3C(=O)/C=C/c3cc(Cl)ccc3-n3cnnn3)ccc2o1. The van der Waals surface area contributed by atoms with Crippen LogP contribution >= 0.6 is 11.6 Å². The Labute approximate surface area is 232 Å². The second-order valence-electron chi connectivity index (χ2n) is 9.67. The summed E-state index contributed by atoms with van der Waals surface area (Å²) in [5.74, 6) is -1.97. The van der Waals surface area contributed by atoms with Crippen molar-refractivity contribution < 1.29 is 23.9 Å². The molecule has 2 N–H and O–H groups in total. The van der Waals surface area contributed by atoms with E-state index in [9.17, 15) is 19.5 Å². The summed E-state index contributed by atoms with van der Waals surface area (Å²) < 4.78 is 6.79. The second-order valence-corrected chi connectivity index (χ2v) is 10.1. The Bertz CT molecular complexity index is 1630. The molecule has 0 saturated carbocycles. The zero-order valence-electron chi connectivity index (χ0n) is 21.1. The molecule has 2 aromatic heterocycles. The highest BCUT2D eigenvalue weighted by Gasteiger charge is 2.45. The van der Waals surface area contributed by atoms with Crippen molar-refractivity contribution in [3.8, 4) is 5.69 Å². The fraction of sp³-hybridized carbons (Fsp3) is 0.259. The highest BCUT2D eigenvalue weighted by molar-refractivity contribution is 6.30. The molecule has 4 heterocycles. The Hall–Kier alpha value is -4.55. The van der Waals surface area contributed by atoms with E-state index in [-0.39, 0.29) is 23.6 Å². The Morgan fingerprint density at radius 3 is 2.67 bits per heavy atom. The third-order valence-electron chi connectivity index (χ3n) is 7.26. The average molecular weight is 562 g/mol. The van der Waals surface area contributed by atoms with Crippen LogP contribution in [0.5, 0.6) is 0 Å². The first-order chi connectivity index (χ1) is 19.4. The predicted molar refractivity (Wildman–Crippen MR) is 145 cm³/mol. The van der Waals surface area contributed by atoms with E-state index in [4.69, 9.17) is 16.0 Å². The number of nitrogens with zero attached hydrogens (tertiary/aromatic N) is 6. The number of aromatic carboxylic acids is 1. The molecule has 6 rings (SSSR count). The van der Waals surface area contributed by atoms with Crippen LogP contribution in [0.4, 0.5) is 5.69 Å². The quantitative estimate of drug-likeness (QED) is 0.325. The third kappa shape index (κ3) is 4.94. The molecule has 0 radical (unpaired) electrons. The number of carboxylic acid groups (broad SMARTS) is 1. The van der Waals surface area contributed by atoms with E-state index in [1.807, 2.05) is 0 Å². The number of anilines is 1. The lowest BCUT2D eigenvalue weighted by atomic mass is 10.0. The van der Waals surface area contributed by atoms with Crippen LogP contribution in [-0.4, -0.2) is 84.6 Å². The number of nitrogens with one attached hydrogen (secondary N) is 1. The fourth-order valence-corrected chi connectivity index (χ4v) is 5.41. The van der Waals surface area contributed by atoms with Gasteiger partial charge >= 0.3 is 5.97 Å². The van der Waals surface area contributed by atoms with Gasteiger partial charge in [-0.15, -0.1) is 5.10 Å². The Balaban J connectivity index is 1.24. The monoisotopic (exact) mass is 561 g/mol. The van der Waals surface area contributed by atoms with Crippen LogP contribution in [0.15, 0.2) is 59.3 Å². The predicted octanol–water partition coefficient (Wildman–Crippen LogP) is 3.09. The molecule has 0 aliphatic carbocycles. The van der Waals surface area contributed by atoms with Gasteiger partial charge < -0.3 is 19.7 Å². The fourth-order valence-electron chi connectivity index (χ4n) is 5.23. The van der Waals surface area contributed by atoms with Gasteiger partial charge in [0.2, 0.25) is 17.6 Å². The normalized spacial score (nSPS) is 19.3. The van der Waals surface area contributed by atoms with E-state index in [2.05, 4.69) is 25.7 Å². The summed E-state index contributed by atoms with van der Waals surface area (Å²) in [7, 11) is 0. The van der Waals surface area contributed by atoms with Gasteiger partial charge in [0.1, 0.15) is 18.0 Å². The van der Waals surface area contributed by atoms with Crippen LogP contribution in [0.25, 0.3) is 22.7 Å². The number of fused-ring (bicyclic) bond motifs is 1. The molecule has 40 heavy (non-hydrogen) atoms. The van der Waals surface area contributed by atoms with Crippen molar-refractivity contribution in [2.24, 2.45) is 0 Å². The van der Waals surface area contributed by atoms with Crippen LogP contribution < -0.4 is 5.32 Å². The van der Waals surface area contributed by atoms with Crippen LogP contribution in [0.3, 0.4) is 0 Å². The molecular formula is C27H24ClN7O5. The van der Waals surface area contributed by atoms with Gasteiger partial charge in [-0.05, 0) is 84.9 Å². The number of amides is 2. The van der Waals surface area contributed by atoms with Gasteiger partial charge in [-0.2, -0.15) is 4.68 Å². The molecule has 0 spiro atoms. The molecule has 2 atom stereocenters. The van der Waals surface area contributed by atoms with Crippen molar-refractivity contribution in [3.05, 3.63) is 71.2 Å². The smallest absolute Gasteiger partial charge is 0.371 e. The average Bonchev–Trinajstić information content (AvgIpc) is 3.66. The summed E-state index contributed by atoms with van der Waals surface area (Å²) >= 11 is 6.21. The number of rotatable bonds is 7. The van der Waals surface area contributed by atoms with Gasteiger partial charge in [0.05, 0.1) is 5.69 Å². The zero-order chi connectivity index (χ0) is 27.8. The standard InChI is InChI=1S/C27H24ClN7O5/c28-18-3-5-20(35-15-29-31-32-35)16(12-18)2-7-24(36)34-11-8-21(33-9-1-10-33)25(34)26(37)30-19-4-6-22-17(13-19)14-23(40-22)27(38)39/h2-7,12-15,21,25H,1,8-11H2,(H,30,37)(H,38,39)/b7-2+/t21-,25+/m1/s1. The molecule has 2 saturated heterocycles. The van der Waals surface area contributed by atoms with Crippen molar-refractivity contribution >= 4 is 52.1 Å². The summed E-state index contributed by atoms with van der Waals surface area (Å²) in [6.45, 7) is 2.19. The molecule has 2 aliphatic heterocycles. The maximum Gasteiger partial charge on any atom is 0.371 e.